The summed E-state index contributed by atoms with van der Waals surface area (Å²) in [5.41, 5.74) is 11.0. The van der Waals surface area contributed by atoms with Crippen LogP contribution in [-0.4, -0.2) is 13.1 Å². The van der Waals surface area contributed by atoms with Crippen LogP contribution in [0.4, 0.5) is 0 Å². The Morgan fingerprint density at radius 3 is 2.46 bits per heavy atom. The molecule has 1 heterocycles. The van der Waals surface area contributed by atoms with Gasteiger partial charge in [-0.25, -0.2) is 4.99 Å². The predicted molar refractivity (Wildman–Crippen MR) is 151 cm³/mol. The Balaban J connectivity index is 1.55. The van der Waals surface area contributed by atoms with Crippen molar-refractivity contribution in [1.82, 2.24) is 5.32 Å². The molecule has 0 bridgehead atoms. The highest BCUT2D eigenvalue weighted by atomic mass is 35.5. The van der Waals surface area contributed by atoms with Crippen LogP contribution in [0.15, 0.2) is 106 Å². The molecule has 7 heteroatoms. The average Bonchev–Trinajstić information content (AvgIpc) is 3.35. The molecule has 3 N–H and O–H groups in total. The van der Waals surface area contributed by atoms with Crippen LogP contribution in [0.25, 0.3) is 22.1 Å². The van der Waals surface area contributed by atoms with Crippen molar-refractivity contribution in [3.63, 3.8) is 0 Å². The quantitative estimate of drug-likeness (QED) is 0.168. The second-order valence-corrected chi connectivity index (χ2v) is 9.37. The van der Waals surface area contributed by atoms with Gasteiger partial charge in [-0.15, -0.1) is 0 Å². The highest BCUT2D eigenvalue weighted by Gasteiger charge is 2.24. The molecule has 0 amide bonds. The Morgan fingerprint density at radius 2 is 1.70 bits per heavy atom. The molecule has 0 fully saturated rings. The van der Waals surface area contributed by atoms with Crippen LogP contribution < -0.4 is 15.8 Å². The molecule has 186 valence electrons. The van der Waals surface area contributed by atoms with Gasteiger partial charge in [0.25, 0.3) is 0 Å². The first-order valence-corrected chi connectivity index (χ1v) is 12.5. The molecule has 0 saturated heterocycles. The van der Waals surface area contributed by atoms with E-state index in [4.69, 9.17) is 38.1 Å². The van der Waals surface area contributed by atoms with Gasteiger partial charge in [-0.05, 0) is 53.1 Å². The van der Waals surface area contributed by atoms with Crippen LogP contribution in [0.3, 0.4) is 0 Å². The number of fused-ring (bicyclic) bond motifs is 1. The zero-order valence-electron chi connectivity index (χ0n) is 20.1. The number of guanidine groups is 1. The first kappa shape index (κ1) is 24.8. The number of hydrogen-bond donors (Lipinski definition) is 2. The number of aliphatic imine (C=N–C) groups is 1. The summed E-state index contributed by atoms with van der Waals surface area (Å²) in [7, 11) is 1.65. The van der Waals surface area contributed by atoms with Gasteiger partial charge in [-0.1, -0.05) is 83.9 Å². The first-order valence-electron chi connectivity index (χ1n) is 11.7. The van der Waals surface area contributed by atoms with Gasteiger partial charge in [-0.2, -0.15) is 0 Å². The third-order valence-corrected chi connectivity index (χ3v) is 6.69. The third-order valence-electron chi connectivity index (χ3n) is 6.10. The Bertz CT molecular complexity index is 1530. The Morgan fingerprint density at radius 1 is 0.919 bits per heavy atom. The first-order chi connectivity index (χ1) is 18.0. The zero-order valence-corrected chi connectivity index (χ0v) is 21.6. The van der Waals surface area contributed by atoms with Crippen LogP contribution in [0.2, 0.25) is 10.0 Å². The maximum Gasteiger partial charge on any atom is 0.189 e. The molecule has 0 aliphatic carbocycles. The number of nitrogens with zero attached hydrogens (tertiary/aromatic N) is 1. The topological polar surface area (TPSA) is 72.8 Å². The summed E-state index contributed by atoms with van der Waals surface area (Å²) >= 11 is 12.3. The molecule has 4 aromatic carbocycles. The maximum atomic E-state index is 6.40. The Kier molecular flexibility index (Phi) is 7.35. The minimum absolute atomic E-state index is 0.239. The van der Waals surface area contributed by atoms with E-state index in [-0.39, 0.29) is 5.96 Å². The molecule has 1 atom stereocenters. The van der Waals surface area contributed by atoms with Crippen LogP contribution in [0, 0.1) is 0 Å². The molecule has 0 radical (unpaired) electrons. The normalized spacial score (nSPS) is 12.5. The number of ether oxygens (including phenoxy) is 1. The summed E-state index contributed by atoms with van der Waals surface area (Å²) in [6.45, 7) is 0.295. The minimum Gasteiger partial charge on any atom is -0.496 e. The van der Waals surface area contributed by atoms with Gasteiger partial charge in [0, 0.05) is 21.0 Å². The smallest absolute Gasteiger partial charge is 0.189 e. The fourth-order valence-corrected chi connectivity index (χ4v) is 4.70. The van der Waals surface area contributed by atoms with E-state index >= 15 is 0 Å². The van der Waals surface area contributed by atoms with Gasteiger partial charge < -0.3 is 20.2 Å². The second kappa shape index (κ2) is 11.0. The monoisotopic (exact) mass is 529 g/mol. The number of halogens is 2. The Hall–Kier alpha value is -3.93. The second-order valence-electron chi connectivity index (χ2n) is 8.52. The number of furan rings is 1. The van der Waals surface area contributed by atoms with E-state index in [2.05, 4.69) is 28.5 Å². The van der Waals surface area contributed by atoms with Crippen molar-refractivity contribution in [3.05, 3.63) is 124 Å². The molecule has 0 spiro atoms. The predicted octanol–water partition coefficient (Wildman–Crippen LogP) is 7.61. The SMILES string of the molecule is COc1ccc(-c2ccccc2)cc1C(NC(N)=NCc1ccc(Cl)cc1Cl)c1cc2ccccc2o1. The lowest BCUT2D eigenvalue weighted by Crippen LogP contribution is -2.35. The Labute approximate surface area is 225 Å². The van der Waals surface area contributed by atoms with Crippen LogP contribution in [0.5, 0.6) is 5.75 Å². The van der Waals surface area contributed by atoms with Crippen molar-refractivity contribution in [2.75, 3.05) is 7.11 Å². The van der Waals surface area contributed by atoms with Crippen molar-refractivity contribution in [1.29, 1.82) is 0 Å². The maximum absolute atomic E-state index is 6.40. The third kappa shape index (κ3) is 5.58. The zero-order chi connectivity index (χ0) is 25.8. The van der Waals surface area contributed by atoms with Gasteiger partial charge >= 0.3 is 0 Å². The van der Waals surface area contributed by atoms with E-state index in [1.54, 1.807) is 19.2 Å². The molecule has 0 aliphatic heterocycles. The summed E-state index contributed by atoms with van der Waals surface area (Å²) < 4.78 is 12.0. The molecule has 5 aromatic rings. The molecule has 0 aliphatic rings. The number of para-hydroxylation sites is 1. The number of hydrogen-bond acceptors (Lipinski definition) is 3. The van der Waals surface area contributed by atoms with E-state index in [9.17, 15) is 0 Å². The van der Waals surface area contributed by atoms with Crippen molar-refractivity contribution in [2.45, 2.75) is 12.6 Å². The number of nitrogens with one attached hydrogen (secondary N) is 1. The van der Waals surface area contributed by atoms with E-state index in [0.717, 1.165) is 33.2 Å². The summed E-state index contributed by atoms with van der Waals surface area (Å²) in [4.78, 5) is 4.54. The standard InChI is InChI=1S/C30H25Cl2N3O2/c1-36-27-14-12-20(19-7-3-2-4-8-19)15-24(27)29(28-16-21-9-5-6-10-26(21)37-28)35-30(33)34-18-22-11-13-23(31)17-25(22)32/h2-17,29H,18H2,1H3,(H3,33,34,35). The van der Waals surface area contributed by atoms with Gasteiger partial charge in [0.2, 0.25) is 0 Å². The fourth-order valence-electron chi connectivity index (χ4n) is 4.23. The molecule has 5 nitrogen and oxygen atoms in total. The van der Waals surface area contributed by atoms with Gasteiger partial charge in [0.05, 0.1) is 13.7 Å². The summed E-state index contributed by atoms with van der Waals surface area (Å²) in [6.07, 6.45) is 0. The van der Waals surface area contributed by atoms with Gasteiger partial charge in [0.15, 0.2) is 5.96 Å². The lowest BCUT2D eigenvalue weighted by Gasteiger charge is -2.21. The minimum atomic E-state index is -0.463. The van der Waals surface area contributed by atoms with Gasteiger partial charge in [0.1, 0.15) is 23.1 Å². The lowest BCUT2D eigenvalue weighted by atomic mass is 9.97. The summed E-state index contributed by atoms with van der Waals surface area (Å²) in [5, 5.41) is 5.45. The van der Waals surface area contributed by atoms with Crippen molar-refractivity contribution in [2.24, 2.45) is 10.7 Å². The number of benzene rings is 4. The van der Waals surface area contributed by atoms with E-state index < -0.39 is 6.04 Å². The van der Waals surface area contributed by atoms with E-state index in [1.165, 1.54) is 0 Å². The number of rotatable bonds is 7. The fraction of sp³-hybridized carbons (Fsp3) is 0.100. The summed E-state index contributed by atoms with van der Waals surface area (Å²) in [6, 6.07) is 31.0. The largest absolute Gasteiger partial charge is 0.496 e. The van der Waals surface area contributed by atoms with E-state index in [0.29, 0.717) is 28.1 Å². The number of nitrogens with two attached hydrogens (primary N) is 1. The van der Waals surface area contributed by atoms with Crippen molar-refractivity contribution < 1.29 is 9.15 Å². The molecule has 1 aromatic heterocycles. The molecule has 0 saturated carbocycles. The molecule has 5 rings (SSSR count). The highest BCUT2D eigenvalue weighted by Crippen LogP contribution is 2.36. The van der Waals surface area contributed by atoms with Crippen LogP contribution in [0.1, 0.15) is 22.9 Å². The lowest BCUT2D eigenvalue weighted by molar-refractivity contribution is 0.401. The number of methoxy groups -OCH3 is 1. The van der Waals surface area contributed by atoms with Gasteiger partial charge in [-0.3, -0.25) is 0 Å². The van der Waals surface area contributed by atoms with E-state index in [1.807, 2.05) is 66.7 Å². The summed E-state index contributed by atoms with van der Waals surface area (Å²) in [5.74, 6) is 1.63. The molecule has 1 unspecified atom stereocenters. The highest BCUT2D eigenvalue weighted by molar-refractivity contribution is 6.35. The van der Waals surface area contributed by atoms with Crippen LogP contribution in [-0.2, 0) is 6.54 Å². The van der Waals surface area contributed by atoms with Crippen molar-refractivity contribution >= 4 is 40.1 Å². The average molecular weight is 530 g/mol. The molecule has 37 heavy (non-hydrogen) atoms. The van der Waals surface area contributed by atoms with Crippen LogP contribution >= 0.6 is 23.2 Å². The molecular weight excluding hydrogens is 505 g/mol. The molecular formula is C30H25Cl2N3O2. The van der Waals surface area contributed by atoms with Crippen molar-refractivity contribution in [3.8, 4) is 16.9 Å².